The minimum atomic E-state index is 0.549. The highest BCUT2D eigenvalue weighted by Gasteiger charge is 2.23. The molecule has 1 aliphatic rings. The minimum Gasteiger partial charge on any atom is -0.354 e. The van der Waals surface area contributed by atoms with E-state index < -0.39 is 0 Å². The van der Waals surface area contributed by atoms with Crippen molar-refractivity contribution in [1.82, 2.24) is 14.9 Å². The molecule has 1 atom stereocenters. The molecule has 0 spiro atoms. The van der Waals surface area contributed by atoms with E-state index in [1.54, 1.807) is 0 Å². The zero-order chi connectivity index (χ0) is 13.1. The van der Waals surface area contributed by atoms with E-state index in [4.69, 9.17) is 5.84 Å². The maximum Gasteiger partial charge on any atom is 0.145 e. The number of nitrogen functional groups attached to an aromatic ring is 1. The van der Waals surface area contributed by atoms with Gasteiger partial charge in [0.15, 0.2) is 0 Å². The number of hydrazine groups is 1. The predicted molar refractivity (Wildman–Crippen MR) is 73.5 cm³/mol. The van der Waals surface area contributed by atoms with E-state index in [2.05, 4.69) is 39.0 Å². The average Bonchev–Trinajstić information content (AvgIpc) is 2.37. The third kappa shape index (κ3) is 2.70. The molecule has 0 radical (unpaired) electrons. The predicted octanol–water partition coefficient (Wildman–Crippen LogP) is 0.601. The second kappa shape index (κ2) is 5.49. The molecule has 0 aliphatic carbocycles. The van der Waals surface area contributed by atoms with Crippen LogP contribution in [0.1, 0.15) is 19.7 Å². The SMILES string of the molecule is CCN1CCN(c2cc(NN)nc(C)n2)CC1C. The number of anilines is 2. The van der Waals surface area contributed by atoms with Gasteiger partial charge < -0.3 is 10.3 Å². The van der Waals surface area contributed by atoms with Gasteiger partial charge in [0.25, 0.3) is 0 Å². The largest absolute Gasteiger partial charge is 0.354 e. The van der Waals surface area contributed by atoms with Gasteiger partial charge in [-0.1, -0.05) is 6.92 Å². The number of nitrogens with one attached hydrogen (secondary N) is 1. The summed E-state index contributed by atoms with van der Waals surface area (Å²) < 4.78 is 0. The van der Waals surface area contributed by atoms with Crippen LogP contribution in [0.15, 0.2) is 6.07 Å². The van der Waals surface area contributed by atoms with Crippen molar-refractivity contribution in [3.05, 3.63) is 11.9 Å². The van der Waals surface area contributed by atoms with Gasteiger partial charge in [0, 0.05) is 31.7 Å². The third-order valence-electron chi connectivity index (χ3n) is 3.47. The molecule has 18 heavy (non-hydrogen) atoms. The third-order valence-corrected chi connectivity index (χ3v) is 3.47. The monoisotopic (exact) mass is 250 g/mol. The lowest BCUT2D eigenvalue weighted by atomic mass is 10.2. The van der Waals surface area contributed by atoms with E-state index in [-0.39, 0.29) is 0 Å². The first kappa shape index (κ1) is 13.0. The number of hydrogen-bond donors (Lipinski definition) is 2. The Labute approximate surface area is 108 Å². The normalized spacial score (nSPS) is 21.1. The average molecular weight is 250 g/mol. The molecule has 100 valence electrons. The summed E-state index contributed by atoms with van der Waals surface area (Å²) in [6.45, 7) is 10.5. The number of likely N-dealkylation sites (N-methyl/N-ethyl adjacent to an activating group) is 1. The Morgan fingerprint density at radius 2 is 2.22 bits per heavy atom. The smallest absolute Gasteiger partial charge is 0.145 e. The van der Waals surface area contributed by atoms with E-state index in [1.165, 1.54) is 0 Å². The fourth-order valence-electron chi connectivity index (χ4n) is 2.46. The number of hydrogen-bond acceptors (Lipinski definition) is 6. The zero-order valence-corrected chi connectivity index (χ0v) is 11.3. The summed E-state index contributed by atoms with van der Waals surface area (Å²) in [7, 11) is 0. The van der Waals surface area contributed by atoms with Crippen molar-refractivity contribution in [2.24, 2.45) is 5.84 Å². The lowest BCUT2D eigenvalue weighted by Gasteiger charge is -2.40. The lowest BCUT2D eigenvalue weighted by molar-refractivity contribution is 0.199. The summed E-state index contributed by atoms with van der Waals surface area (Å²) in [5.74, 6) is 7.79. The first-order chi connectivity index (χ1) is 8.63. The molecule has 1 unspecified atom stereocenters. The van der Waals surface area contributed by atoms with E-state index in [0.29, 0.717) is 11.9 Å². The fourth-order valence-corrected chi connectivity index (χ4v) is 2.46. The van der Waals surface area contributed by atoms with Gasteiger partial charge in [0.1, 0.15) is 17.5 Å². The quantitative estimate of drug-likeness (QED) is 0.605. The number of aryl methyl sites for hydroxylation is 1. The number of nitrogens with two attached hydrogens (primary N) is 1. The van der Waals surface area contributed by atoms with E-state index in [9.17, 15) is 0 Å². The van der Waals surface area contributed by atoms with Gasteiger partial charge in [-0.05, 0) is 20.4 Å². The van der Waals surface area contributed by atoms with Gasteiger partial charge in [0.05, 0.1) is 0 Å². The molecule has 0 aromatic carbocycles. The second-order valence-corrected chi connectivity index (χ2v) is 4.73. The van der Waals surface area contributed by atoms with Crippen LogP contribution in [-0.2, 0) is 0 Å². The summed E-state index contributed by atoms with van der Waals surface area (Å²) in [5, 5.41) is 0. The number of piperazine rings is 1. The molecule has 6 nitrogen and oxygen atoms in total. The molecule has 0 bridgehead atoms. The van der Waals surface area contributed by atoms with Crippen LogP contribution in [0.2, 0.25) is 0 Å². The Balaban J connectivity index is 2.15. The van der Waals surface area contributed by atoms with Crippen LogP contribution in [0.3, 0.4) is 0 Å². The second-order valence-electron chi connectivity index (χ2n) is 4.73. The molecule has 3 N–H and O–H groups in total. The summed E-state index contributed by atoms with van der Waals surface area (Å²) in [4.78, 5) is 13.5. The van der Waals surface area contributed by atoms with Crippen LogP contribution >= 0.6 is 0 Å². The zero-order valence-electron chi connectivity index (χ0n) is 11.3. The van der Waals surface area contributed by atoms with Crippen LogP contribution in [-0.4, -0.2) is 47.1 Å². The van der Waals surface area contributed by atoms with Gasteiger partial charge in [0.2, 0.25) is 0 Å². The molecular weight excluding hydrogens is 228 g/mol. The Bertz CT molecular complexity index is 408. The number of rotatable bonds is 3. The van der Waals surface area contributed by atoms with E-state index in [0.717, 1.165) is 37.8 Å². The Kier molecular flexibility index (Phi) is 3.98. The van der Waals surface area contributed by atoms with Gasteiger partial charge in [-0.3, -0.25) is 4.90 Å². The first-order valence-corrected chi connectivity index (χ1v) is 6.45. The van der Waals surface area contributed by atoms with Crippen LogP contribution in [0, 0.1) is 6.92 Å². The highest BCUT2D eigenvalue weighted by atomic mass is 15.3. The topological polar surface area (TPSA) is 70.3 Å². The summed E-state index contributed by atoms with van der Waals surface area (Å²) in [6.07, 6.45) is 0. The molecule has 0 saturated carbocycles. The maximum atomic E-state index is 5.42. The molecule has 1 aromatic heterocycles. The minimum absolute atomic E-state index is 0.549. The van der Waals surface area contributed by atoms with Crippen molar-refractivity contribution >= 4 is 11.6 Å². The van der Waals surface area contributed by atoms with Crippen LogP contribution in [0.5, 0.6) is 0 Å². The van der Waals surface area contributed by atoms with Crippen molar-refractivity contribution in [3.8, 4) is 0 Å². The molecule has 0 amide bonds. The van der Waals surface area contributed by atoms with Crippen LogP contribution in [0.25, 0.3) is 0 Å². The van der Waals surface area contributed by atoms with E-state index >= 15 is 0 Å². The van der Waals surface area contributed by atoms with Gasteiger partial charge >= 0.3 is 0 Å². The highest BCUT2D eigenvalue weighted by Crippen LogP contribution is 2.19. The summed E-state index contributed by atoms with van der Waals surface area (Å²) >= 11 is 0. The number of aromatic nitrogens is 2. The molecule has 6 heteroatoms. The summed E-state index contributed by atoms with van der Waals surface area (Å²) in [5.41, 5.74) is 2.59. The molecule has 2 heterocycles. The first-order valence-electron chi connectivity index (χ1n) is 6.45. The van der Waals surface area contributed by atoms with E-state index in [1.807, 2.05) is 13.0 Å². The fraction of sp³-hybridized carbons (Fsp3) is 0.667. The van der Waals surface area contributed by atoms with Crippen LogP contribution < -0.4 is 16.2 Å². The van der Waals surface area contributed by atoms with Crippen molar-refractivity contribution in [2.75, 3.05) is 36.5 Å². The Hall–Kier alpha value is -1.40. The van der Waals surface area contributed by atoms with Crippen molar-refractivity contribution < 1.29 is 0 Å². The molecule has 1 saturated heterocycles. The van der Waals surface area contributed by atoms with Crippen molar-refractivity contribution in [2.45, 2.75) is 26.8 Å². The Morgan fingerprint density at radius 1 is 1.44 bits per heavy atom. The number of nitrogens with zero attached hydrogens (tertiary/aromatic N) is 4. The Morgan fingerprint density at radius 3 is 2.83 bits per heavy atom. The van der Waals surface area contributed by atoms with Gasteiger partial charge in [-0.2, -0.15) is 0 Å². The lowest BCUT2D eigenvalue weighted by Crippen LogP contribution is -2.52. The van der Waals surface area contributed by atoms with Crippen molar-refractivity contribution in [3.63, 3.8) is 0 Å². The molecule has 1 fully saturated rings. The van der Waals surface area contributed by atoms with Crippen LogP contribution in [0.4, 0.5) is 11.6 Å². The van der Waals surface area contributed by atoms with Crippen molar-refractivity contribution in [1.29, 1.82) is 0 Å². The van der Waals surface area contributed by atoms with Gasteiger partial charge in [-0.15, -0.1) is 0 Å². The maximum absolute atomic E-state index is 5.42. The molecular formula is C12H22N6. The molecule has 2 rings (SSSR count). The summed E-state index contributed by atoms with van der Waals surface area (Å²) in [6, 6.07) is 2.45. The van der Waals surface area contributed by atoms with Gasteiger partial charge in [-0.25, -0.2) is 15.8 Å². The molecule has 1 aromatic rings. The standard InChI is InChI=1S/C12H22N6/c1-4-17-5-6-18(8-9(17)2)12-7-11(16-13)14-10(3)15-12/h7,9H,4-6,8,13H2,1-3H3,(H,14,15,16). The molecule has 1 aliphatic heterocycles. The highest BCUT2D eigenvalue weighted by molar-refractivity contribution is 5.49.